The van der Waals surface area contributed by atoms with Crippen LogP contribution in [0.2, 0.25) is 0 Å². The van der Waals surface area contributed by atoms with Crippen molar-refractivity contribution in [3.8, 4) is 0 Å². The summed E-state index contributed by atoms with van der Waals surface area (Å²) in [5, 5.41) is 15.2. The van der Waals surface area contributed by atoms with Gasteiger partial charge in [0.05, 0.1) is 12.2 Å². The Morgan fingerprint density at radius 3 is 2.74 bits per heavy atom. The van der Waals surface area contributed by atoms with Gasteiger partial charge in [0.2, 0.25) is 0 Å². The molecular formula is C13H14FN3O2. The van der Waals surface area contributed by atoms with Crippen LogP contribution in [-0.4, -0.2) is 21.0 Å². The maximum absolute atomic E-state index is 12.8. The van der Waals surface area contributed by atoms with Crippen molar-refractivity contribution in [2.45, 2.75) is 20.0 Å². The monoisotopic (exact) mass is 263 g/mol. The number of carboxylic acid groups (broad SMARTS) is 1. The molecule has 6 heteroatoms. The van der Waals surface area contributed by atoms with E-state index in [0.717, 1.165) is 16.8 Å². The molecule has 0 aliphatic carbocycles. The minimum absolute atomic E-state index is 0.227. The average Bonchev–Trinajstić information content (AvgIpc) is 2.70. The number of hydrogen-bond donors (Lipinski definition) is 2. The first-order valence-electron chi connectivity index (χ1n) is 5.79. The van der Waals surface area contributed by atoms with Gasteiger partial charge in [-0.25, -0.2) is 9.18 Å². The molecular weight excluding hydrogens is 249 g/mol. The lowest BCUT2D eigenvalue weighted by Gasteiger charge is -2.01. The molecule has 0 radical (unpaired) electrons. The van der Waals surface area contributed by atoms with Gasteiger partial charge >= 0.3 is 6.09 Å². The number of halogens is 1. The van der Waals surface area contributed by atoms with Crippen molar-refractivity contribution >= 4 is 6.09 Å². The first kappa shape index (κ1) is 13.1. The van der Waals surface area contributed by atoms with E-state index in [1.807, 2.05) is 6.92 Å². The van der Waals surface area contributed by atoms with Crippen LogP contribution in [0.4, 0.5) is 9.18 Å². The van der Waals surface area contributed by atoms with Gasteiger partial charge in [-0.1, -0.05) is 12.1 Å². The van der Waals surface area contributed by atoms with Gasteiger partial charge in [-0.2, -0.15) is 5.10 Å². The van der Waals surface area contributed by atoms with Crippen molar-refractivity contribution in [1.29, 1.82) is 0 Å². The summed E-state index contributed by atoms with van der Waals surface area (Å²) in [5.74, 6) is -0.272. The SMILES string of the molecule is Cc1nn(Cc2ccc(F)cc2)cc1CNC(=O)O. The van der Waals surface area contributed by atoms with E-state index in [0.29, 0.717) is 6.54 Å². The largest absolute Gasteiger partial charge is 0.465 e. The van der Waals surface area contributed by atoms with Crippen molar-refractivity contribution < 1.29 is 14.3 Å². The van der Waals surface area contributed by atoms with Crippen molar-refractivity contribution in [3.63, 3.8) is 0 Å². The van der Waals surface area contributed by atoms with Gasteiger partial charge in [-0.05, 0) is 24.6 Å². The van der Waals surface area contributed by atoms with E-state index in [9.17, 15) is 9.18 Å². The highest BCUT2D eigenvalue weighted by Crippen LogP contribution is 2.09. The minimum atomic E-state index is -1.06. The molecule has 0 unspecified atom stereocenters. The normalized spacial score (nSPS) is 10.4. The Morgan fingerprint density at radius 2 is 2.11 bits per heavy atom. The first-order chi connectivity index (χ1) is 9.04. The smallest absolute Gasteiger partial charge is 0.404 e. The third-order valence-electron chi connectivity index (χ3n) is 2.74. The number of nitrogens with one attached hydrogen (secondary N) is 1. The number of hydrogen-bond acceptors (Lipinski definition) is 2. The third kappa shape index (κ3) is 3.54. The zero-order valence-electron chi connectivity index (χ0n) is 10.4. The standard InChI is InChI=1S/C13H14FN3O2/c1-9-11(6-15-13(18)19)8-17(16-9)7-10-2-4-12(14)5-3-10/h2-5,8,15H,6-7H2,1H3,(H,18,19). The van der Waals surface area contributed by atoms with Crippen molar-refractivity contribution in [2.24, 2.45) is 0 Å². The van der Waals surface area contributed by atoms with E-state index in [1.165, 1.54) is 12.1 Å². The predicted molar refractivity (Wildman–Crippen MR) is 67.3 cm³/mol. The lowest BCUT2D eigenvalue weighted by atomic mass is 10.2. The topological polar surface area (TPSA) is 67.2 Å². The lowest BCUT2D eigenvalue weighted by molar-refractivity contribution is 0.194. The van der Waals surface area contributed by atoms with E-state index >= 15 is 0 Å². The van der Waals surface area contributed by atoms with Gasteiger partial charge in [0.25, 0.3) is 0 Å². The van der Waals surface area contributed by atoms with Gasteiger partial charge in [-0.3, -0.25) is 4.68 Å². The number of amides is 1. The lowest BCUT2D eigenvalue weighted by Crippen LogP contribution is -2.20. The summed E-state index contributed by atoms with van der Waals surface area (Å²) in [6.07, 6.45) is 0.722. The second-order valence-corrected chi connectivity index (χ2v) is 4.22. The van der Waals surface area contributed by atoms with Crippen LogP contribution in [0.25, 0.3) is 0 Å². The zero-order chi connectivity index (χ0) is 13.8. The van der Waals surface area contributed by atoms with Crippen LogP contribution in [-0.2, 0) is 13.1 Å². The predicted octanol–water partition coefficient (Wildman–Crippen LogP) is 2.15. The molecule has 5 nitrogen and oxygen atoms in total. The highest BCUT2D eigenvalue weighted by atomic mass is 19.1. The molecule has 0 aliphatic heterocycles. The molecule has 2 rings (SSSR count). The number of carbonyl (C=O) groups is 1. The van der Waals surface area contributed by atoms with E-state index in [2.05, 4.69) is 10.4 Å². The molecule has 0 saturated carbocycles. The van der Waals surface area contributed by atoms with Crippen molar-refractivity contribution in [3.05, 3.63) is 53.1 Å². The Bertz CT molecular complexity index is 578. The Balaban J connectivity index is 2.07. The number of rotatable bonds is 4. The summed E-state index contributed by atoms with van der Waals surface area (Å²) in [4.78, 5) is 10.4. The third-order valence-corrected chi connectivity index (χ3v) is 2.74. The number of aryl methyl sites for hydroxylation is 1. The molecule has 0 bridgehead atoms. The fourth-order valence-corrected chi connectivity index (χ4v) is 1.76. The zero-order valence-corrected chi connectivity index (χ0v) is 10.4. The van der Waals surface area contributed by atoms with E-state index in [4.69, 9.17) is 5.11 Å². The van der Waals surface area contributed by atoms with Gasteiger partial charge in [0, 0.05) is 18.3 Å². The second kappa shape index (κ2) is 5.51. The van der Waals surface area contributed by atoms with Gasteiger partial charge in [0.1, 0.15) is 5.82 Å². The summed E-state index contributed by atoms with van der Waals surface area (Å²) in [7, 11) is 0. The molecule has 2 N–H and O–H groups in total. The summed E-state index contributed by atoms with van der Waals surface area (Å²) < 4.78 is 14.5. The van der Waals surface area contributed by atoms with Crippen LogP contribution < -0.4 is 5.32 Å². The Morgan fingerprint density at radius 1 is 1.42 bits per heavy atom. The molecule has 100 valence electrons. The molecule has 1 amide bonds. The Labute approximate surface area is 109 Å². The molecule has 0 atom stereocenters. The van der Waals surface area contributed by atoms with E-state index in [1.54, 1.807) is 23.0 Å². The van der Waals surface area contributed by atoms with Crippen LogP contribution in [0.1, 0.15) is 16.8 Å². The van der Waals surface area contributed by atoms with Crippen LogP contribution in [0.3, 0.4) is 0 Å². The van der Waals surface area contributed by atoms with E-state index in [-0.39, 0.29) is 12.4 Å². The molecule has 2 aromatic rings. The first-order valence-corrected chi connectivity index (χ1v) is 5.79. The highest BCUT2D eigenvalue weighted by molar-refractivity contribution is 5.64. The summed E-state index contributed by atoms with van der Waals surface area (Å²) in [6, 6.07) is 6.19. The van der Waals surface area contributed by atoms with Crippen molar-refractivity contribution in [2.75, 3.05) is 0 Å². The summed E-state index contributed by atoms with van der Waals surface area (Å²) in [6.45, 7) is 2.57. The fraction of sp³-hybridized carbons (Fsp3) is 0.231. The summed E-state index contributed by atoms with van der Waals surface area (Å²) >= 11 is 0. The molecule has 0 fully saturated rings. The van der Waals surface area contributed by atoms with Crippen LogP contribution in [0.15, 0.2) is 30.5 Å². The van der Waals surface area contributed by atoms with Crippen LogP contribution >= 0.6 is 0 Å². The maximum atomic E-state index is 12.8. The molecule has 0 spiro atoms. The highest BCUT2D eigenvalue weighted by Gasteiger charge is 2.06. The van der Waals surface area contributed by atoms with E-state index < -0.39 is 6.09 Å². The molecule has 1 aromatic carbocycles. The maximum Gasteiger partial charge on any atom is 0.404 e. The quantitative estimate of drug-likeness (QED) is 0.888. The number of aromatic nitrogens is 2. The fourth-order valence-electron chi connectivity index (χ4n) is 1.76. The second-order valence-electron chi connectivity index (χ2n) is 4.22. The van der Waals surface area contributed by atoms with Gasteiger partial charge < -0.3 is 10.4 Å². The van der Waals surface area contributed by atoms with Gasteiger partial charge in [-0.15, -0.1) is 0 Å². The minimum Gasteiger partial charge on any atom is -0.465 e. The van der Waals surface area contributed by atoms with Crippen molar-refractivity contribution in [1.82, 2.24) is 15.1 Å². The molecule has 0 aliphatic rings. The average molecular weight is 263 g/mol. The Hall–Kier alpha value is -2.37. The van der Waals surface area contributed by atoms with Crippen LogP contribution in [0.5, 0.6) is 0 Å². The number of benzene rings is 1. The molecule has 0 saturated heterocycles. The molecule has 1 heterocycles. The summed E-state index contributed by atoms with van der Waals surface area (Å²) in [5.41, 5.74) is 2.53. The molecule has 19 heavy (non-hydrogen) atoms. The van der Waals surface area contributed by atoms with Crippen LogP contribution in [0, 0.1) is 12.7 Å². The number of nitrogens with zero attached hydrogens (tertiary/aromatic N) is 2. The Kier molecular flexibility index (Phi) is 3.79. The molecule has 1 aromatic heterocycles. The van der Waals surface area contributed by atoms with Gasteiger partial charge in [0.15, 0.2) is 0 Å².